The zero-order valence-corrected chi connectivity index (χ0v) is 12.7. The number of nitrogens with zero attached hydrogens (tertiary/aromatic N) is 4. The zero-order valence-electron chi connectivity index (χ0n) is 11.9. The van der Waals surface area contributed by atoms with E-state index in [1.807, 2.05) is 11.6 Å². The molecule has 0 aromatic carbocycles. The van der Waals surface area contributed by atoms with E-state index in [4.69, 9.17) is 0 Å². The first-order valence-electron chi connectivity index (χ1n) is 6.35. The maximum absolute atomic E-state index is 12.1. The lowest BCUT2D eigenvalue weighted by Gasteiger charge is -2.14. The molecule has 1 N–H and O–H groups in total. The minimum Gasteiger partial charge on any atom is -0.347 e. The number of rotatable bonds is 4. The topological polar surface area (TPSA) is 72.2 Å². The van der Waals surface area contributed by atoms with Gasteiger partial charge in [-0.1, -0.05) is 0 Å². The number of aryl methyl sites for hydroxylation is 1. The summed E-state index contributed by atoms with van der Waals surface area (Å²) in [6.45, 7) is 0.398. The summed E-state index contributed by atoms with van der Waals surface area (Å²) in [7, 11) is 0. The number of carbonyl (C=O) groups is 1. The molecule has 2 heterocycles. The Hall–Kier alpha value is -1.84. The predicted molar refractivity (Wildman–Crippen MR) is 77.5 cm³/mol. The lowest BCUT2D eigenvalue weighted by atomic mass is 10.2. The van der Waals surface area contributed by atoms with Crippen molar-refractivity contribution >= 4 is 28.9 Å². The molecule has 0 aliphatic carbocycles. The Morgan fingerprint density at radius 2 is 2.18 bits per heavy atom. The Morgan fingerprint density at radius 1 is 1.45 bits per heavy atom. The maximum Gasteiger partial charge on any atom is 0.405 e. The maximum atomic E-state index is 12.1. The van der Waals surface area contributed by atoms with E-state index in [9.17, 15) is 18.0 Å². The van der Waals surface area contributed by atoms with Crippen molar-refractivity contribution in [3.8, 4) is 0 Å². The van der Waals surface area contributed by atoms with E-state index in [1.54, 1.807) is 17.6 Å². The largest absolute Gasteiger partial charge is 0.405 e. The van der Waals surface area contributed by atoms with Gasteiger partial charge in [0.2, 0.25) is 5.91 Å². The van der Waals surface area contributed by atoms with Gasteiger partial charge in [-0.15, -0.1) is 22.0 Å². The molecule has 0 spiro atoms. The molecule has 0 bridgehead atoms. The number of amides is 1. The van der Waals surface area contributed by atoms with Gasteiger partial charge in [0, 0.05) is 6.21 Å². The third-order valence-corrected chi connectivity index (χ3v) is 3.66. The molecular weight excluding hydrogens is 319 g/mol. The molecule has 0 radical (unpaired) electrons. The predicted octanol–water partition coefficient (Wildman–Crippen LogP) is 1.94. The number of fused-ring (bicyclic) bond motifs is 1. The molecule has 0 unspecified atom stereocenters. The average molecular weight is 333 g/mol. The summed E-state index contributed by atoms with van der Waals surface area (Å²) in [5, 5.41) is 10.6. The van der Waals surface area contributed by atoms with Crippen LogP contribution in [-0.2, 0) is 4.79 Å². The minimum absolute atomic E-state index is 0.222. The van der Waals surface area contributed by atoms with Crippen LogP contribution in [0.5, 0.6) is 0 Å². The molecule has 10 heteroatoms. The average Bonchev–Trinajstić information content (AvgIpc) is 2.72. The first kappa shape index (κ1) is 16.5. The van der Waals surface area contributed by atoms with E-state index in [-0.39, 0.29) is 6.42 Å². The molecule has 22 heavy (non-hydrogen) atoms. The van der Waals surface area contributed by atoms with Crippen molar-refractivity contribution in [1.29, 1.82) is 0 Å². The summed E-state index contributed by atoms with van der Waals surface area (Å²) >= 11 is 1.46. The lowest BCUT2D eigenvalue weighted by molar-refractivity contribution is -0.138. The van der Waals surface area contributed by atoms with Crippen molar-refractivity contribution in [2.45, 2.75) is 25.6 Å². The fraction of sp³-hybridized carbons (Fsp3) is 0.500. The van der Waals surface area contributed by atoms with Crippen LogP contribution in [-0.4, -0.2) is 45.9 Å². The molecule has 1 aromatic rings. The van der Waals surface area contributed by atoms with Crippen LogP contribution in [0.1, 0.15) is 24.1 Å². The highest BCUT2D eigenvalue weighted by atomic mass is 32.2. The number of allylic oxidation sites excluding steroid dienone is 1. The Bertz CT molecular complexity index is 623. The van der Waals surface area contributed by atoms with Crippen molar-refractivity contribution in [3.63, 3.8) is 0 Å². The zero-order chi connectivity index (χ0) is 16.3. The molecule has 1 aromatic heterocycles. The number of thioether (sulfide) groups is 1. The molecule has 1 aliphatic rings. The van der Waals surface area contributed by atoms with E-state index in [2.05, 4.69) is 15.2 Å². The Labute approximate surface area is 128 Å². The molecule has 6 nitrogen and oxygen atoms in total. The van der Waals surface area contributed by atoms with Gasteiger partial charge in [-0.05, 0) is 19.3 Å². The third kappa shape index (κ3) is 3.87. The second-order valence-corrected chi connectivity index (χ2v) is 5.39. The highest BCUT2D eigenvalue weighted by Crippen LogP contribution is 2.29. The summed E-state index contributed by atoms with van der Waals surface area (Å²) in [5.74, 6) is 0.329. The van der Waals surface area contributed by atoms with E-state index in [0.29, 0.717) is 11.6 Å². The van der Waals surface area contributed by atoms with Crippen LogP contribution in [0.25, 0.3) is 5.03 Å². The Balaban J connectivity index is 2.14. The van der Waals surface area contributed by atoms with Crippen molar-refractivity contribution in [2.24, 2.45) is 4.99 Å². The highest BCUT2D eigenvalue weighted by molar-refractivity contribution is 8.07. The van der Waals surface area contributed by atoms with Gasteiger partial charge in [-0.3, -0.25) is 14.4 Å². The number of hydrogen-bond donors (Lipinski definition) is 1. The first-order valence-corrected chi connectivity index (χ1v) is 7.57. The first-order chi connectivity index (χ1) is 10.3. The van der Waals surface area contributed by atoms with Crippen LogP contribution >= 0.6 is 11.8 Å². The highest BCUT2D eigenvalue weighted by Gasteiger charge is 2.29. The summed E-state index contributed by atoms with van der Waals surface area (Å²) in [6.07, 6.45) is 0.492. The summed E-state index contributed by atoms with van der Waals surface area (Å²) in [4.78, 5) is 15.9. The molecule has 1 atom stereocenters. The Kier molecular flexibility index (Phi) is 4.89. The van der Waals surface area contributed by atoms with Crippen molar-refractivity contribution < 1.29 is 18.0 Å². The normalized spacial score (nSPS) is 17.7. The minimum atomic E-state index is -4.44. The molecule has 2 rings (SSSR count). The van der Waals surface area contributed by atoms with Gasteiger partial charge in [0.25, 0.3) is 0 Å². The smallest absolute Gasteiger partial charge is 0.347 e. The molecular formula is C12H14F3N5OS. The number of nitrogens with one attached hydrogen (secondary N) is 1. The van der Waals surface area contributed by atoms with Crippen molar-refractivity contribution in [2.75, 3.05) is 12.8 Å². The fourth-order valence-electron chi connectivity index (χ4n) is 1.97. The monoisotopic (exact) mass is 333 g/mol. The van der Waals surface area contributed by atoms with E-state index in [0.717, 1.165) is 5.03 Å². The molecule has 0 saturated heterocycles. The number of aliphatic imine (C=N–C) groups is 1. The molecule has 1 amide bonds. The standard InChI is InChI=1S/C12H14F3N5OS/c1-7-18-19-11-8(5-9(21)17-6-12(13,14)15)16-4-3-10(22-2)20(7)11/h3-4,8H,5-6H2,1-2H3,(H,17,21)/t8-/m0/s1. The van der Waals surface area contributed by atoms with Gasteiger partial charge in [-0.25, -0.2) is 0 Å². The molecule has 120 valence electrons. The molecule has 0 fully saturated rings. The number of halogens is 3. The van der Waals surface area contributed by atoms with Crippen LogP contribution in [0.3, 0.4) is 0 Å². The van der Waals surface area contributed by atoms with Gasteiger partial charge in [0.1, 0.15) is 18.4 Å². The van der Waals surface area contributed by atoms with Crippen LogP contribution < -0.4 is 5.32 Å². The fourth-order valence-corrected chi connectivity index (χ4v) is 2.57. The number of aromatic nitrogens is 3. The number of hydrogen-bond acceptors (Lipinski definition) is 5. The second-order valence-electron chi connectivity index (χ2n) is 4.56. The third-order valence-electron chi connectivity index (χ3n) is 2.93. The van der Waals surface area contributed by atoms with Crippen LogP contribution in [0.15, 0.2) is 11.1 Å². The van der Waals surface area contributed by atoms with Gasteiger partial charge in [0.05, 0.1) is 11.4 Å². The van der Waals surface area contributed by atoms with E-state index in [1.165, 1.54) is 18.0 Å². The molecule has 1 aliphatic heterocycles. The van der Waals surface area contributed by atoms with Gasteiger partial charge < -0.3 is 5.32 Å². The lowest BCUT2D eigenvalue weighted by Crippen LogP contribution is -2.34. The molecule has 0 saturated carbocycles. The van der Waals surface area contributed by atoms with Gasteiger partial charge in [-0.2, -0.15) is 13.2 Å². The quantitative estimate of drug-likeness (QED) is 0.914. The van der Waals surface area contributed by atoms with Crippen LogP contribution in [0, 0.1) is 6.92 Å². The van der Waals surface area contributed by atoms with Crippen molar-refractivity contribution in [3.05, 3.63) is 17.7 Å². The Morgan fingerprint density at radius 3 is 2.82 bits per heavy atom. The van der Waals surface area contributed by atoms with E-state index >= 15 is 0 Å². The summed E-state index contributed by atoms with van der Waals surface area (Å²) in [5.41, 5.74) is 0. The van der Waals surface area contributed by atoms with Crippen LogP contribution in [0.4, 0.5) is 13.2 Å². The van der Waals surface area contributed by atoms with E-state index < -0.39 is 24.7 Å². The van der Waals surface area contributed by atoms with Crippen molar-refractivity contribution in [1.82, 2.24) is 20.1 Å². The SMILES string of the molecule is CSC1=CC=N[C@@H](CC(=O)NCC(F)(F)F)c2nnc(C)n21. The second kappa shape index (κ2) is 6.51. The van der Waals surface area contributed by atoms with Gasteiger partial charge in [0.15, 0.2) is 5.82 Å². The van der Waals surface area contributed by atoms with Crippen LogP contribution in [0.2, 0.25) is 0 Å². The van der Waals surface area contributed by atoms with Gasteiger partial charge >= 0.3 is 6.18 Å². The number of carbonyl (C=O) groups excluding carboxylic acids is 1. The summed E-state index contributed by atoms with van der Waals surface area (Å²) < 4.78 is 38.1. The number of alkyl halides is 3. The summed E-state index contributed by atoms with van der Waals surface area (Å²) in [6, 6.07) is -0.671.